The van der Waals surface area contributed by atoms with Gasteiger partial charge in [-0.25, -0.2) is 0 Å². The van der Waals surface area contributed by atoms with Crippen LogP contribution in [-0.4, -0.2) is 31.2 Å². The highest BCUT2D eigenvalue weighted by atomic mass is 35.7. The fourth-order valence-electron chi connectivity index (χ4n) is 0.531. The van der Waals surface area contributed by atoms with Gasteiger partial charge in [0.05, 0.1) is 6.61 Å². The van der Waals surface area contributed by atoms with Crippen LogP contribution in [0.5, 0.6) is 0 Å². The molecule has 0 spiro atoms. The first-order valence-electron chi connectivity index (χ1n) is 2.54. The van der Waals surface area contributed by atoms with Gasteiger partial charge in [-0.05, 0) is 11.9 Å². The monoisotopic (exact) mass is 203 g/mol. The second-order valence-corrected chi connectivity index (χ2v) is 5.22. The zero-order valence-electron chi connectivity index (χ0n) is 4.99. The van der Waals surface area contributed by atoms with E-state index in [1.807, 2.05) is 0 Å². The van der Waals surface area contributed by atoms with Gasteiger partial charge >= 0.3 is 9.24 Å². The predicted molar refractivity (Wildman–Crippen MR) is 39.9 cm³/mol. The Balaban J connectivity index is 2.56. The van der Waals surface area contributed by atoms with Crippen molar-refractivity contribution >= 4 is 31.9 Å². The minimum absolute atomic E-state index is 0.330. The average Bonchev–Trinajstić information content (AvgIpc) is 1.88. The van der Waals surface area contributed by atoms with Gasteiger partial charge in [0.25, 0.3) is 0 Å². The second kappa shape index (κ2) is 3.27. The molecule has 0 aromatic carbocycles. The van der Waals surface area contributed by atoms with Gasteiger partial charge in [0.1, 0.15) is 5.94 Å². The van der Waals surface area contributed by atoms with Crippen molar-refractivity contribution < 1.29 is 13.2 Å². The summed E-state index contributed by atoms with van der Waals surface area (Å²) < 4.78 is 27.2. The molecular weight excluding hydrogens is 198 g/mol. The molecule has 1 heterocycles. The molecule has 0 bridgehead atoms. The topological polar surface area (TPSA) is 46.6 Å². The Morgan fingerprint density at radius 2 is 2.30 bits per heavy atom. The maximum Gasteiger partial charge on any atom is 0.309 e. The summed E-state index contributed by atoms with van der Waals surface area (Å²) in [6.07, 6.45) is 0. The van der Waals surface area contributed by atoms with Gasteiger partial charge in [-0.2, -0.15) is 8.42 Å². The predicted octanol–water partition coefficient (Wildman–Crippen LogP) is 0.408. The highest BCUT2D eigenvalue weighted by Gasteiger charge is 2.22. The van der Waals surface area contributed by atoms with Crippen molar-refractivity contribution in [3.63, 3.8) is 0 Å². The Morgan fingerprint density at radius 1 is 1.60 bits per heavy atom. The summed E-state index contributed by atoms with van der Waals surface area (Å²) in [5.41, 5.74) is 0. The minimum atomic E-state index is -3.54. The van der Waals surface area contributed by atoms with Crippen LogP contribution in [0.4, 0.5) is 0 Å². The van der Waals surface area contributed by atoms with Crippen LogP contribution in [0.3, 0.4) is 0 Å². The van der Waals surface area contributed by atoms with Crippen LogP contribution >= 0.6 is 22.6 Å². The van der Waals surface area contributed by atoms with Crippen molar-refractivity contribution in [2.75, 3.05) is 19.1 Å². The molecule has 0 aromatic rings. The SMILES string of the molecule is O=S(=O)(Cl)N1CCOCS1. The number of halogens is 1. The third-order valence-electron chi connectivity index (χ3n) is 0.941. The van der Waals surface area contributed by atoms with Crippen LogP contribution in [0.2, 0.25) is 0 Å². The van der Waals surface area contributed by atoms with E-state index in [0.717, 1.165) is 15.7 Å². The summed E-state index contributed by atoms with van der Waals surface area (Å²) in [4.78, 5) is 0. The number of nitrogens with zero attached hydrogens (tertiary/aromatic N) is 1. The first-order valence-corrected chi connectivity index (χ1v) is 5.74. The zero-order chi connectivity index (χ0) is 7.61. The molecule has 1 aliphatic heterocycles. The zero-order valence-corrected chi connectivity index (χ0v) is 7.38. The Labute approximate surface area is 68.2 Å². The van der Waals surface area contributed by atoms with E-state index in [1.165, 1.54) is 0 Å². The Hall–Kier alpha value is 0.510. The standard InChI is InChI=1S/C3H6ClNO3S2/c4-10(6,7)5-1-2-8-3-9-5/h1-3H2. The van der Waals surface area contributed by atoms with Crippen LogP contribution in [0.25, 0.3) is 0 Å². The van der Waals surface area contributed by atoms with Gasteiger partial charge in [-0.1, -0.05) is 0 Å². The summed E-state index contributed by atoms with van der Waals surface area (Å²) in [6, 6.07) is 0. The van der Waals surface area contributed by atoms with Crippen molar-refractivity contribution in [2.24, 2.45) is 0 Å². The van der Waals surface area contributed by atoms with Gasteiger partial charge in [0.15, 0.2) is 0 Å². The maximum atomic E-state index is 10.6. The average molecular weight is 204 g/mol. The van der Waals surface area contributed by atoms with E-state index >= 15 is 0 Å². The van der Waals surface area contributed by atoms with E-state index in [2.05, 4.69) is 0 Å². The third-order valence-corrected chi connectivity index (χ3v) is 4.00. The highest BCUT2D eigenvalue weighted by molar-refractivity contribution is 8.20. The van der Waals surface area contributed by atoms with Crippen LogP contribution in [-0.2, 0) is 14.0 Å². The molecule has 0 aliphatic carbocycles. The molecule has 0 aromatic heterocycles. The molecule has 1 fully saturated rings. The van der Waals surface area contributed by atoms with Gasteiger partial charge < -0.3 is 4.74 Å². The molecule has 1 rings (SSSR count). The van der Waals surface area contributed by atoms with Crippen molar-refractivity contribution in [2.45, 2.75) is 0 Å². The summed E-state index contributed by atoms with van der Waals surface area (Å²) in [7, 11) is 1.50. The van der Waals surface area contributed by atoms with E-state index < -0.39 is 9.24 Å². The summed E-state index contributed by atoms with van der Waals surface area (Å²) >= 11 is 1.06. The number of hydrogen-bond donors (Lipinski definition) is 0. The van der Waals surface area contributed by atoms with Crippen molar-refractivity contribution in [1.29, 1.82) is 0 Å². The Morgan fingerprint density at radius 3 is 2.60 bits per heavy atom. The molecule has 0 N–H and O–H groups in total. The molecule has 0 amide bonds. The summed E-state index contributed by atoms with van der Waals surface area (Å²) in [5.74, 6) is 0.353. The Bertz CT molecular complexity index is 198. The lowest BCUT2D eigenvalue weighted by molar-refractivity contribution is 0.165. The highest BCUT2D eigenvalue weighted by Crippen LogP contribution is 2.21. The van der Waals surface area contributed by atoms with Gasteiger partial charge in [0.2, 0.25) is 0 Å². The largest absolute Gasteiger partial charge is 0.368 e. The molecule has 0 saturated carbocycles. The molecule has 1 aliphatic rings. The van der Waals surface area contributed by atoms with E-state index in [-0.39, 0.29) is 0 Å². The number of ether oxygens (including phenoxy) is 1. The minimum Gasteiger partial charge on any atom is -0.368 e. The van der Waals surface area contributed by atoms with E-state index in [0.29, 0.717) is 19.1 Å². The third kappa shape index (κ3) is 2.28. The van der Waals surface area contributed by atoms with Crippen molar-refractivity contribution in [1.82, 2.24) is 3.71 Å². The van der Waals surface area contributed by atoms with Crippen LogP contribution < -0.4 is 0 Å². The smallest absolute Gasteiger partial charge is 0.309 e. The van der Waals surface area contributed by atoms with Gasteiger partial charge in [-0.15, -0.1) is 3.71 Å². The first kappa shape index (κ1) is 8.61. The lowest BCUT2D eigenvalue weighted by Gasteiger charge is -2.21. The van der Waals surface area contributed by atoms with E-state index in [4.69, 9.17) is 15.4 Å². The molecular formula is C3H6ClNO3S2. The van der Waals surface area contributed by atoms with Crippen molar-refractivity contribution in [3.8, 4) is 0 Å². The molecule has 60 valence electrons. The normalized spacial score (nSPS) is 22.9. The molecule has 4 nitrogen and oxygen atoms in total. The van der Waals surface area contributed by atoms with Crippen LogP contribution in [0, 0.1) is 0 Å². The quantitative estimate of drug-likeness (QED) is 0.458. The van der Waals surface area contributed by atoms with E-state index in [1.54, 1.807) is 0 Å². The van der Waals surface area contributed by atoms with Crippen molar-refractivity contribution in [3.05, 3.63) is 0 Å². The van der Waals surface area contributed by atoms with Gasteiger partial charge in [-0.3, -0.25) is 0 Å². The van der Waals surface area contributed by atoms with Crippen LogP contribution in [0.15, 0.2) is 0 Å². The number of rotatable bonds is 1. The lowest BCUT2D eigenvalue weighted by atomic mass is 10.7. The molecule has 7 heteroatoms. The fraction of sp³-hybridized carbons (Fsp3) is 1.00. The molecule has 1 saturated heterocycles. The fourth-order valence-corrected chi connectivity index (χ4v) is 2.54. The molecule has 0 atom stereocenters. The lowest BCUT2D eigenvalue weighted by Crippen LogP contribution is -2.29. The number of hydrogen-bond acceptors (Lipinski definition) is 4. The molecule has 10 heavy (non-hydrogen) atoms. The van der Waals surface area contributed by atoms with E-state index in [9.17, 15) is 8.42 Å². The summed E-state index contributed by atoms with van der Waals surface area (Å²) in [6.45, 7) is 0.745. The van der Waals surface area contributed by atoms with Gasteiger partial charge in [0, 0.05) is 17.2 Å². The second-order valence-electron chi connectivity index (χ2n) is 1.62. The van der Waals surface area contributed by atoms with Crippen LogP contribution in [0.1, 0.15) is 0 Å². The molecule has 0 radical (unpaired) electrons. The maximum absolute atomic E-state index is 10.6. The summed E-state index contributed by atoms with van der Waals surface area (Å²) in [5, 5.41) is 0. The molecule has 0 unspecified atom stereocenters. The first-order chi connectivity index (χ1) is 4.61. The Kier molecular flexibility index (Phi) is 2.81.